The largest absolute Gasteiger partial charge is 0.465 e. The highest BCUT2D eigenvalue weighted by atomic mass is 16.5. The lowest BCUT2D eigenvalue weighted by molar-refractivity contribution is 0.0600. The number of hydrogen-bond acceptors (Lipinski definition) is 4. The molecule has 22 heavy (non-hydrogen) atoms. The minimum absolute atomic E-state index is 0.0239. The van der Waals surface area contributed by atoms with Crippen LogP contribution < -0.4 is 0 Å². The van der Waals surface area contributed by atoms with E-state index in [1.165, 1.54) is 13.2 Å². The fourth-order valence-electron chi connectivity index (χ4n) is 2.22. The molecule has 0 spiro atoms. The Bertz CT molecular complexity index is 539. The third kappa shape index (κ3) is 4.31. The van der Waals surface area contributed by atoms with Crippen molar-refractivity contribution in [1.29, 1.82) is 0 Å². The van der Waals surface area contributed by atoms with Gasteiger partial charge in [-0.2, -0.15) is 0 Å². The first-order valence-corrected chi connectivity index (χ1v) is 7.48. The second-order valence-corrected chi connectivity index (χ2v) is 5.75. The van der Waals surface area contributed by atoms with E-state index in [2.05, 4.69) is 0 Å². The standard InChI is InChI=1S/C17H25NO4/c1-6-7-18(4)16(20)13-8-12(15(19)11(2)3)9-14(10-13)17(21)22-5/h8-11,15,19H,6-7H2,1-5H3. The summed E-state index contributed by atoms with van der Waals surface area (Å²) in [5.74, 6) is -0.723. The van der Waals surface area contributed by atoms with Gasteiger partial charge in [-0.25, -0.2) is 4.79 Å². The van der Waals surface area contributed by atoms with E-state index in [0.717, 1.165) is 6.42 Å². The van der Waals surface area contributed by atoms with Gasteiger partial charge < -0.3 is 14.7 Å². The predicted molar refractivity (Wildman–Crippen MR) is 84.8 cm³/mol. The first kappa shape index (κ1) is 18.2. The number of benzene rings is 1. The number of esters is 1. The molecule has 1 aromatic carbocycles. The van der Waals surface area contributed by atoms with Gasteiger partial charge in [0.05, 0.1) is 18.8 Å². The van der Waals surface area contributed by atoms with E-state index in [0.29, 0.717) is 17.7 Å². The minimum atomic E-state index is -0.743. The van der Waals surface area contributed by atoms with Crippen molar-refractivity contribution in [2.75, 3.05) is 20.7 Å². The molecule has 0 bridgehead atoms. The Morgan fingerprint density at radius 1 is 1.23 bits per heavy atom. The number of aliphatic hydroxyl groups is 1. The molecule has 1 rings (SSSR count). The summed E-state index contributed by atoms with van der Waals surface area (Å²) in [7, 11) is 3.01. The van der Waals surface area contributed by atoms with Crippen molar-refractivity contribution in [1.82, 2.24) is 4.90 Å². The Hall–Kier alpha value is -1.88. The molecule has 0 radical (unpaired) electrons. The summed E-state index contributed by atoms with van der Waals surface area (Å²) in [6, 6.07) is 4.73. The van der Waals surface area contributed by atoms with Gasteiger partial charge >= 0.3 is 5.97 Å². The molecule has 0 fully saturated rings. The fraction of sp³-hybridized carbons (Fsp3) is 0.529. The van der Waals surface area contributed by atoms with Crippen molar-refractivity contribution in [3.8, 4) is 0 Å². The first-order chi connectivity index (χ1) is 10.3. The van der Waals surface area contributed by atoms with E-state index in [4.69, 9.17) is 4.74 Å². The highest BCUT2D eigenvalue weighted by molar-refractivity contribution is 5.98. The Kier molecular flexibility index (Phi) is 6.56. The number of amides is 1. The second kappa shape index (κ2) is 7.94. The molecule has 1 unspecified atom stereocenters. The Morgan fingerprint density at radius 2 is 1.82 bits per heavy atom. The number of nitrogens with zero attached hydrogens (tertiary/aromatic N) is 1. The topological polar surface area (TPSA) is 66.8 Å². The van der Waals surface area contributed by atoms with Crippen molar-refractivity contribution >= 4 is 11.9 Å². The molecule has 0 aromatic heterocycles. The molecule has 1 aromatic rings. The van der Waals surface area contributed by atoms with Crippen LogP contribution in [0.2, 0.25) is 0 Å². The van der Waals surface area contributed by atoms with Gasteiger partial charge in [0, 0.05) is 19.2 Å². The number of ether oxygens (including phenoxy) is 1. The molecular weight excluding hydrogens is 282 g/mol. The summed E-state index contributed by atoms with van der Waals surface area (Å²) in [5, 5.41) is 10.2. The lowest BCUT2D eigenvalue weighted by Gasteiger charge is -2.20. The van der Waals surface area contributed by atoms with Crippen LogP contribution in [0.5, 0.6) is 0 Å². The number of aliphatic hydroxyl groups excluding tert-OH is 1. The maximum Gasteiger partial charge on any atom is 0.337 e. The van der Waals surface area contributed by atoms with E-state index in [1.807, 2.05) is 20.8 Å². The van der Waals surface area contributed by atoms with E-state index in [1.54, 1.807) is 24.1 Å². The summed E-state index contributed by atoms with van der Waals surface area (Å²) in [6.45, 7) is 6.37. The zero-order valence-electron chi connectivity index (χ0n) is 13.9. The van der Waals surface area contributed by atoms with Gasteiger partial charge in [-0.1, -0.05) is 20.8 Å². The van der Waals surface area contributed by atoms with Gasteiger partial charge in [0.2, 0.25) is 0 Å². The Morgan fingerprint density at radius 3 is 2.32 bits per heavy atom. The van der Waals surface area contributed by atoms with Crippen LogP contribution in [0.25, 0.3) is 0 Å². The smallest absolute Gasteiger partial charge is 0.337 e. The highest BCUT2D eigenvalue weighted by Gasteiger charge is 2.20. The number of rotatable bonds is 6. The van der Waals surface area contributed by atoms with Gasteiger partial charge in [0.1, 0.15) is 0 Å². The van der Waals surface area contributed by atoms with Crippen molar-refractivity contribution in [2.24, 2.45) is 5.92 Å². The Balaban J connectivity index is 3.29. The molecule has 0 aliphatic carbocycles. The van der Waals surface area contributed by atoms with Gasteiger partial charge in [0.25, 0.3) is 5.91 Å². The third-order valence-electron chi connectivity index (χ3n) is 3.50. The predicted octanol–water partition coefficient (Wildman–Crippen LogP) is 2.64. The molecule has 5 heteroatoms. The van der Waals surface area contributed by atoms with Gasteiger partial charge in [-0.15, -0.1) is 0 Å². The molecule has 0 saturated carbocycles. The third-order valence-corrected chi connectivity index (χ3v) is 3.50. The van der Waals surface area contributed by atoms with Crippen LogP contribution in [-0.4, -0.2) is 42.6 Å². The first-order valence-electron chi connectivity index (χ1n) is 7.48. The van der Waals surface area contributed by atoms with Crippen LogP contribution >= 0.6 is 0 Å². The Labute approximate surface area is 131 Å². The molecule has 0 aliphatic rings. The molecular formula is C17H25NO4. The summed E-state index contributed by atoms with van der Waals surface area (Å²) in [4.78, 5) is 25.8. The quantitative estimate of drug-likeness (QED) is 0.820. The molecule has 0 heterocycles. The number of hydrogen-bond donors (Lipinski definition) is 1. The molecule has 1 atom stereocenters. The van der Waals surface area contributed by atoms with Gasteiger partial charge in [0.15, 0.2) is 0 Å². The summed E-state index contributed by atoms with van der Waals surface area (Å²) < 4.78 is 4.73. The summed E-state index contributed by atoms with van der Waals surface area (Å²) in [5.41, 5.74) is 1.20. The van der Waals surface area contributed by atoms with E-state index in [9.17, 15) is 14.7 Å². The van der Waals surface area contributed by atoms with E-state index in [-0.39, 0.29) is 17.4 Å². The maximum atomic E-state index is 12.4. The van der Waals surface area contributed by atoms with Crippen molar-refractivity contribution in [3.63, 3.8) is 0 Å². The average molecular weight is 307 g/mol. The van der Waals surface area contributed by atoms with Crippen molar-refractivity contribution in [3.05, 3.63) is 34.9 Å². The lowest BCUT2D eigenvalue weighted by Crippen LogP contribution is -2.28. The average Bonchev–Trinajstić information content (AvgIpc) is 2.52. The lowest BCUT2D eigenvalue weighted by atomic mass is 9.95. The molecule has 0 aliphatic heterocycles. The van der Waals surface area contributed by atoms with Crippen LogP contribution in [0.15, 0.2) is 18.2 Å². The van der Waals surface area contributed by atoms with Crippen LogP contribution in [0.3, 0.4) is 0 Å². The van der Waals surface area contributed by atoms with Crippen LogP contribution in [0.4, 0.5) is 0 Å². The van der Waals surface area contributed by atoms with Crippen LogP contribution in [0, 0.1) is 5.92 Å². The molecule has 122 valence electrons. The maximum absolute atomic E-state index is 12.4. The van der Waals surface area contributed by atoms with Gasteiger partial charge in [-0.3, -0.25) is 4.79 Å². The number of methoxy groups -OCH3 is 1. The SMILES string of the molecule is CCCN(C)C(=O)c1cc(C(=O)OC)cc(C(O)C(C)C)c1. The number of carbonyl (C=O) groups excluding carboxylic acids is 2. The highest BCUT2D eigenvalue weighted by Crippen LogP contribution is 2.24. The molecule has 1 N–H and O–H groups in total. The van der Waals surface area contributed by atoms with E-state index < -0.39 is 12.1 Å². The van der Waals surface area contributed by atoms with Crippen LogP contribution in [-0.2, 0) is 4.74 Å². The van der Waals surface area contributed by atoms with Crippen LogP contribution in [0.1, 0.15) is 59.6 Å². The minimum Gasteiger partial charge on any atom is -0.465 e. The summed E-state index contributed by atoms with van der Waals surface area (Å²) in [6.07, 6.45) is 0.105. The van der Waals surface area contributed by atoms with Gasteiger partial charge in [-0.05, 0) is 36.1 Å². The molecule has 5 nitrogen and oxygen atoms in total. The number of carbonyl (C=O) groups is 2. The summed E-state index contributed by atoms with van der Waals surface area (Å²) >= 11 is 0. The molecule has 1 amide bonds. The zero-order valence-corrected chi connectivity index (χ0v) is 13.9. The normalized spacial score (nSPS) is 12.1. The van der Waals surface area contributed by atoms with Crippen molar-refractivity contribution in [2.45, 2.75) is 33.3 Å². The van der Waals surface area contributed by atoms with E-state index >= 15 is 0 Å². The second-order valence-electron chi connectivity index (χ2n) is 5.75. The monoisotopic (exact) mass is 307 g/mol. The van der Waals surface area contributed by atoms with Crippen molar-refractivity contribution < 1.29 is 19.4 Å². The fourth-order valence-corrected chi connectivity index (χ4v) is 2.22. The molecule has 0 saturated heterocycles. The zero-order chi connectivity index (χ0) is 16.9.